The normalized spacial score (nSPS) is 19.0. The quantitative estimate of drug-likeness (QED) is 0.728. The lowest BCUT2D eigenvalue weighted by Crippen LogP contribution is -2.21. The highest BCUT2D eigenvalue weighted by Gasteiger charge is 2.26. The third kappa shape index (κ3) is 2.22. The molecule has 0 amide bonds. The van der Waals surface area contributed by atoms with Crippen LogP contribution in [0.2, 0.25) is 0 Å². The summed E-state index contributed by atoms with van der Waals surface area (Å²) >= 11 is 0. The van der Waals surface area contributed by atoms with Gasteiger partial charge in [0.2, 0.25) is 0 Å². The Kier molecular flexibility index (Phi) is 3.43. The van der Waals surface area contributed by atoms with Gasteiger partial charge in [-0.2, -0.15) is 0 Å². The highest BCUT2D eigenvalue weighted by Crippen LogP contribution is 2.32. The van der Waals surface area contributed by atoms with Crippen LogP contribution in [0.5, 0.6) is 0 Å². The second-order valence-electron chi connectivity index (χ2n) is 6.00. The van der Waals surface area contributed by atoms with Gasteiger partial charge in [0.15, 0.2) is 0 Å². The summed E-state index contributed by atoms with van der Waals surface area (Å²) in [6.07, 6.45) is 1.20. The molecule has 0 radical (unpaired) electrons. The molecule has 1 aliphatic heterocycles. The van der Waals surface area contributed by atoms with E-state index in [4.69, 9.17) is 4.98 Å². The van der Waals surface area contributed by atoms with Gasteiger partial charge in [0.1, 0.15) is 5.82 Å². The Labute approximate surface area is 131 Å². The molecule has 0 N–H and O–H groups in total. The van der Waals surface area contributed by atoms with Gasteiger partial charge in [-0.15, -0.1) is 0 Å². The topological polar surface area (TPSA) is 21.1 Å². The van der Waals surface area contributed by atoms with Crippen molar-refractivity contribution in [1.82, 2.24) is 14.5 Å². The zero-order chi connectivity index (χ0) is 14.9. The number of likely N-dealkylation sites (N-methyl/N-ethyl adjacent to an activating group) is 1. The fourth-order valence-corrected chi connectivity index (χ4v) is 3.52. The van der Waals surface area contributed by atoms with Crippen LogP contribution in [-0.2, 0) is 0 Å². The first-order valence-corrected chi connectivity index (χ1v) is 8.11. The first-order chi connectivity index (χ1) is 10.9. The maximum absolute atomic E-state index is 4.92. The average molecular weight is 291 g/mol. The number of hydrogen-bond acceptors (Lipinski definition) is 2. The van der Waals surface area contributed by atoms with Crippen LogP contribution >= 0.6 is 0 Å². The van der Waals surface area contributed by atoms with Gasteiger partial charge in [-0.3, -0.25) is 0 Å². The molecule has 0 spiro atoms. The maximum Gasteiger partial charge on any atom is 0.141 e. The first kappa shape index (κ1) is 13.5. The molecule has 1 atom stereocenters. The summed E-state index contributed by atoms with van der Waals surface area (Å²) in [5.74, 6) is 1.10. The van der Waals surface area contributed by atoms with Crippen LogP contribution in [0, 0.1) is 0 Å². The molecule has 3 heteroatoms. The highest BCUT2D eigenvalue weighted by atomic mass is 15.2. The zero-order valence-electron chi connectivity index (χ0n) is 12.9. The van der Waals surface area contributed by atoms with Crippen molar-refractivity contribution in [1.29, 1.82) is 0 Å². The van der Waals surface area contributed by atoms with Crippen LogP contribution in [-0.4, -0.2) is 34.1 Å². The van der Waals surface area contributed by atoms with Gasteiger partial charge in [0.25, 0.3) is 0 Å². The summed E-state index contributed by atoms with van der Waals surface area (Å²) in [4.78, 5) is 7.44. The Hall–Kier alpha value is -2.13. The van der Waals surface area contributed by atoms with E-state index in [-0.39, 0.29) is 0 Å². The van der Waals surface area contributed by atoms with Gasteiger partial charge in [-0.05, 0) is 25.1 Å². The molecule has 0 aliphatic carbocycles. The van der Waals surface area contributed by atoms with Gasteiger partial charge in [-0.25, -0.2) is 4.98 Å². The van der Waals surface area contributed by atoms with E-state index in [0.29, 0.717) is 6.04 Å². The van der Waals surface area contributed by atoms with E-state index in [0.717, 1.165) is 24.4 Å². The number of benzene rings is 2. The number of nitrogens with zero attached hydrogens (tertiary/aromatic N) is 3. The van der Waals surface area contributed by atoms with Gasteiger partial charge in [0.05, 0.1) is 11.0 Å². The molecule has 22 heavy (non-hydrogen) atoms. The van der Waals surface area contributed by atoms with Crippen molar-refractivity contribution < 1.29 is 0 Å². The third-order valence-corrected chi connectivity index (χ3v) is 4.69. The fraction of sp³-hybridized carbons (Fsp3) is 0.316. The zero-order valence-corrected chi connectivity index (χ0v) is 12.9. The summed E-state index contributed by atoms with van der Waals surface area (Å²) < 4.78 is 2.46. The smallest absolute Gasteiger partial charge is 0.141 e. The van der Waals surface area contributed by atoms with Crippen molar-refractivity contribution in [3.63, 3.8) is 0 Å². The lowest BCUT2D eigenvalue weighted by atomic mass is 10.2. The minimum absolute atomic E-state index is 0.516. The van der Waals surface area contributed by atoms with Gasteiger partial charge >= 0.3 is 0 Å². The summed E-state index contributed by atoms with van der Waals surface area (Å²) in [5.41, 5.74) is 3.55. The summed E-state index contributed by atoms with van der Waals surface area (Å²) in [7, 11) is 0. The van der Waals surface area contributed by atoms with Crippen LogP contribution < -0.4 is 0 Å². The summed E-state index contributed by atoms with van der Waals surface area (Å²) in [6, 6.07) is 19.6. The van der Waals surface area contributed by atoms with Crippen molar-refractivity contribution >= 4 is 11.0 Å². The number of likely N-dealkylation sites (tertiary alicyclic amines) is 1. The summed E-state index contributed by atoms with van der Waals surface area (Å²) in [5, 5.41) is 0. The van der Waals surface area contributed by atoms with E-state index in [9.17, 15) is 0 Å². The van der Waals surface area contributed by atoms with E-state index in [1.807, 2.05) is 0 Å². The van der Waals surface area contributed by atoms with E-state index in [2.05, 4.69) is 71.0 Å². The predicted octanol–water partition coefficient (Wildman–Crippen LogP) is 3.97. The maximum atomic E-state index is 4.92. The molecule has 1 unspecified atom stereocenters. The van der Waals surface area contributed by atoms with Crippen LogP contribution in [0.25, 0.3) is 22.4 Å². The van der Waals surface area contributed by atoms with Crippen LogP contribution in [0.15, 0.2) is 54.6 Å². The highest BCUT2D eigenvalue weighted by molar-refractivity contribution is 5.80. The fourth-order valence-electron chi connectivity index (χ4n) is 3.52. The first-order valence-electron chi connectivity index (χ1n) is 8.11. The van der Waals surface area contributed by atoms with E-state index < -0.39 is 0 Å². The second-order valence-corrected chi connectivity index (χ2v) is 6.00. The van der Waals surface area contributed by atoms with E-state index in [1.54, 1.807) is 0 Å². The van der Waals surface area contributed by atoms with Crippen molar-refractivity contribution in [2.24, 2.45) is 0 Å². The molecular weight excluding hydrogens is 270 g/mol. The Morgan fingerprint density at radius 2 is 1.82 bits per heavy atom. The van der Waals surface area contributed by atoms with E-state index in [1.165, 1.54) is 24.0 Å². The molecule has 2 aromatic carbocycles. The minimum Gasteiger partial charge on any atom is -0.319 e. The van der Waals surface area contributed by atoms with E-state index >= 15 is 0 Å². The molecule has 3 aromatic rings. The van der Waals surface area contributed by atoms with Crippen molar-refractivity contribution in [2.75, 3.05) is 19.6 Å². The molecule has 4 rings (SSSR count). The van der Waals surface area contributed by atoms with Gasteiger partial charge in [0, 0.05) is 24.7 Å². The molecule has 0 bridgehead atoms. The van der Waals surface area contributed by atoms with Crippen molar-refractivity contribution in [3.8, 4) is 11.4 Å². The lowest BCUT2D eigenvalue weighted by molar-refractivity contribution is 0.343. The monoisotopic (exact) mass is 291 g/mol. The molecule has 1 aliphatic rings. The van der Waals surface area contributed by atoms with Crippen molar-refractivity contribution in [3.05, 3.63) is 54.6 Å². The Bertz CT molecular complexity index is 776. The molecule has 1 fully saturated rings. The molecule has 1 saturated heterocycles. The Morgan fingerprint density at radius 1 is 1.05 bits per heavy atom. The summed E-state index contributed by atoms with van der Waals surface area (Å²) in [6.45, 7) is 5.68. The minimum atomic E-state index is 0.516. The van der Waals surface area contributed by atoms with Crippen molar-refractivity contribution in [2.45, 2.75) is 19.4 Å². The second kappa shape index (κ2) is 5.58. The molecule has 2 heterocycles. The predicted molar refractivity (Wildman–Crippen MR) is 90.9 cm³/mol. The number of para-hydroxylation sites is 2. The molecule has 1 aromatic heterocycles. The Balaban J connectivity index is 1.88. The van der Waals surface area contributed by atoms with Crippen LogP contribution in [0.1, 0.15) is 19.4 Å². The van der Waals surface area contributed by atoms with Gasteiger partial charge in [-0.1, -0.05) is 49.4 Å². The number of imidazole rings is 1. The Morgan fingerprint density at radius 3 is 2.59 bits per heavy atom. The lowest BCUT2D eigenvalue weighted by Gasteiger charge is -2.18. The van der Waals surface area contributed by atoms with Gasteiger partial charge < -0.3 is 9.47 Å². The number of fused-ring (bicyclic) bond motifs is 1. The number of aromatic nitrogens is 2. The number of hydrogen-bond donors (Lipinski definition) is 0. The molecule has 0 saturated carbocycles. The largest absolute Gasteiger partial charge is 0.319 e. The third-order valence-electron chi connectivity index (χ3n) is 4.69. The SMILES string of the molecule is CCN1CCC(n2c(-c3ccccc3)nc3ccccc32)C1. The number of rotatable bonds is 3. The molecular formula is C19H21N3. The molecule has 112 valence electrons. The standard InChI is InChI=1S/C19H21N3/c1-2-21-13-12-16(14-21)22-18-11-7-6-10-17(18)20-19(22)15-8-4-3-5-9-15/h3-11,16H,2,12-14H2,1H3. The van der Waals surface area contributed by atoms with Crippen LogP contribution in [0.3, 0.4) is 0 Å². The molecule has 3 nitrogen and oxygen atoms in total. The average Bonchev–Trinajstić information content (AvgIpc) is 3.19. The van der Waals surface area contributed by atoms with Crippen LogP contribution in [0.4, 0.5) is 0 Å².